The summed E-state index contributed by atoms with van der Waals surface area (Å²) in [6.45, 7) is 0.311. The van der Waals surface area contributed by atoms with Gasteiger partial charge in [-0.2, -0.15) is 5.10 Å². The molecule has 2 rings (SSSR count). The smallest absolute Gasteiger partial charge is 0.306 e. The Bertz CT molecular complexity index is 418. The third-order valence-electron chi connectivity index (χ3n) is 2.28. The molecule has 2 N–H and O–H groups in total. The van der Waals surface area contributed by atoms with E-state index in [1.807, 2.05) is 0 Å². The summed E-state index contributed by atoms with van der Waals surface area (Å²) >= 11 is 5.71. The number of amides is 1. The molecule has 1 atom stereocenters. The van der Waals surface area contributed by atoms with Crippen LogP contribution in [0.1, 0.15) is 12.8 Å². The zero-order valence-electron chi connectivity index (χ0n) is 8.33. The number of hydrogen-bond acceptors (Lipinski definition) is 4. The number of anilines is 1. The largest absolute Gasteiger partial charge is 0.465 e. The summed E-state index contributed by atoms with van der Waals surface area (Å²) in [5.41, 5.74) is 0.442. The Labute approximate surface area is 96.3 Å². The summed E-state index contributed by atoms with van der Waals surface area (Å²) < 4.78 is 4.76. The molecule has 7 heteroatoms. The van der Waals surface area contributed by atoms with Gasteiger partial charge in [-0.3, -0.25) is 14.7 Å². The van der Waals surface area contributed by atoms with Crippen LogP contribution in [-0.2, 0) is 14.3 Å². The lowest BCUT2D eigenvalue weighted by Gasteiger charge is -2.05. The van der Waals surface area contributed by atoms with Crippen molar-refractivity contribution >= 4 is 29.2 Å². The number of rotatable bonds is 3. The average molecular weight is 244 g/mol. The number of carbonyl (C=O) groups excluding carboxylic acids is 2. The minimum Gasteiger partial charge on any atom is -0.465 e. The first-order valence-electron chi connectivity index (χ1n) is 4.79. The molecule has 0 saturated carbocycles. The van der Waals surface area contributed by atoms with Crippen molar-refractivity contribution in [2.45, 2.75) is 12.8 Å². The fourth-order valence-corrected chi connectivity index (χ4v) is 1.66. The Balaban J connectivity index is 1.85. The Morgan fingerprint density at radius 3 is 3.12 bits per heavy atom. The maximum Gasteiger partial charge on any atom is 0.306 e. The maximum atomic E-state index is 11.5. The van der Waals surface area contributed by atoms with Crippen molar-refractivity contribution in [2.75, 3.05) is 11.9 Å². The number of hydrogen-bond donors (Lipinski definition) is 2. The van der Waals surface area contributed by atoms with Crippen molar-refractivity contribution in [1.29, 1.82) is 0 Å². The van der Waals surface area contributed by atoms with Crippen LogP contribution >= 0.6 is 11.6 Å². The normalized spacial score (nSPS) is 19.6. The molecule has 1 aromatic rings. The molecular formula is C9H10ClN3O3. The Morgan fingerprint density at radius 2 is 2.56 bits per heavy atom. The highest BCUT2D eigenvalue weighted by atomic mass is 35.5. The van der Waals surface area contributed by atoms with Gasteiger partial charge < -0.3 is 10.1 Å². The third-order valence-corrected chi connectivity index (χ3v) is 2.56. The molecule has 0 aliphatic carbocycles. The molecule has 1 aliphatic heterocycles. The lowest BCUT2D eigenvalue weighted by atomic mass is 10.0. The Morgan fingerprint density at radius 1 is 1.75 bits per heavy atom. The van der Waals surface area contributed by atoms with Crippen LogP contribution in [0.15, 0.2) is 6.20 Å². The van der Waals surface area contributed by atoms with E-state index in [9.17, 15) is 9.59 Å². The number of carbonyl (C=O) groups is 2. The van der Waals surface area contributed by atoms with Crippen LogP contribution in [0, 0.1) is 5.92 Å². The molecule has 16 heavy (non-hydrogen) atoms. The summed E-state index contributed by atoms with van der Waals surface area (Å²) in [5.74, 6) is -0.496. The van der Waals surface area contributed by atoms with Gasteiger partial charge in [0, 0.05) is 12.3 Å². The number of cyclic esters (lactones) is 1. The first kappa shape index (κ1) is 10.9. The van der Waals surface area contributed by atoms with E-state index in [1.54, 1.807) is 0 Å². The monoisotopic (exact) mass is 243 g/mol. The molecule has 2 heterocycles. The highest BCUT2D eigenvalue weighted by molar-refractivity contribution is 6.32. The molecular weight excluding hydrogens is 234 g/mol. The molecule has 86 valence electrons. The molecule has 1 aliphatic rings. The highest BCUT2D eigenvalue weighted by Crippen LogP contribution is 2.21. The van der Waals surface area contributed by atoms with E-state index in [1.165, 1.54) is 6.20 Å². The number of H-pyrrole nitrogens is 1. The number of ether oxygens (including phenoxy) is 1. The van der Waals surface area contributed by atoms with Crippen LogP contribution < -0.4 is 5.32 Å². The van der Waals surface area contributed by atoms with Crippen molar-refractivity contribution in [3.05, 3.63) is 11.3 Å². The van der Waals surface area contributed by atoms with E-state index >= 15 is 0 Å². The van der Waals surface area contributed by atoms with Crippen LogP contribution in [0.4, 0.5) is 5.69 Å². The van der Waals surface area contributed by atoms with E-state index in [4.69, 9.17) is 16.3 Å². The van der Waals surface area contributed by atoms with E-state index < -0.39 is 0 Å². The number of aromatic nitrogens is 2. The number of esters is 1. The number of aromatic amines is 1. The SMILES string of the molecule is O=C(CC1COC(=O)C1)Nc1cn[nH]c1Cl. The second-order valence-electron chi connectivity index (χ2n) is 3.60. The molecule has 1 fully saturated rings. The molecule has 6 nitrogen and oxygen atoms in total. The Kier molecular flexibility index (Phi) is 3.09. The van der Waals surface area contributed by atoms with Crippen molar-refractivity contribution in [3.63, 3.8) is 0 Å². The zero-order valence-corrected chi connectivity index (χ0v) is 9.08. The molecule has 1 amide bonds. The highest BCUT2D eigenvalue weighted by Gasteiger charge is 2.26. The van der Waals surface area contributed by atoms with Gasteiger partial charge in [0.2, 0.25) is 5.91 Å². The van der Waals surface area contributed by atoms with Gasteiger partial charge in [-0.1, -0.05) is 11.6 Å². The lowest BCUT2D eigenvalue weighted by Crippen LogP contribution is -2.16. The second kappa shape index (κ2) is 4.52. The van der Waals surface area contributed by atoms with E-state index in [2.05, 4.69) is 15.5 Å². The predicted molar refractivity (Wildman–Crippen MR) is 55.9 cm³/mol. The molecule has 1 saturated heterocycles. The van der Waals surface area contributed by atoms with Crippen molar-refractivity contribution in [3.8, 4) is 0 Å². The second-order valence-corrected chi connectivity index (χ2v) is 3.98. The van der Waals surface area contributed by atoms with Crippen molar-refractivity contribution in [2.24, 2.45) is 5.92 Å². The maximum absolute atomic E-state index is 11.5. The fourth-order valence-electron chi connectivity index (χ4n) is 1.52. The topological polar surface area (TPSA) is 84.1 Å². The number of nitrogens with zero attached hydrogens (tertiary/aromatic N) is 1. The van der Waals surface area contributed by atoms with Crippen LogP contribution in [0.2, 0.25) is 5.15 Å². The van der Waals surface area contributed by atoms with E-state index in [0.29, 0.717) is 18.7 Å². The first-order chi connectivity index (χ1) is 7.65. The van der Waals surface area contributed by atoms with Crippen LogP contribution in [0.5, 0.6) is 0 Å². The molecule has 0 radical (unpaired) electrons. The molecule has 1 unspecified atom stereocenters. The van der Waals surface area contributed by atoms with Crippen molar-refractivity contribution < 1.29 is 14.3 Å². The predicted octanol–water partition coefficient (Wildman–Crippen LogP) is 0.955. The standard InChI is InChI=1S/C9H10ClN3O3/c10-9-6(3-11-13-9)12-7(14)1-5-2-8(15)16-4-5/h3,5H,1-2,4H2,(H,11,13)(H,12,14). The molecule has 1 aromatic heterocycles. The van der Waals surface area contributed by atoms with Crippen LogP contribution in [0.25, 0.3) is 0 Å². The fraction of sp³-hybridized carbons (Fsp3) is 0.444. The van der Waals surface area contributed by atoms with Gasteiger partial charge in [-0.05, 0) is 0 Å². The molecule has 0 aromatic carbocycles. The number of halogens is 1. The van der Waals surface area contributed by atoms with E-state index in [-0.39, 0.29) is 29.4 Å². The average Bonchev–Trinajstić information content (AvgIpc) is 2.77. The third kappa shape index (κ3) is 2.52. The van der Waals surface area contributed by atoms with E-state index in [0.717, 1.165) is 0 Å². The van der Waals surface area contributed by atoms with Gasteiger partial charge in [0.15, 0.2) is 0 Å². The van der Waals surface area contributed by atoms with Crippen LogP contribution in [0.3, 0.4) is 0 Å². The van der Waals surface area contributed by atoms with Gasteiger partial charge in [-0.25, -0.2) is 0 Å². The molecule has 0 spiro atoms. The minimum absolute atomic E-state index is 0.0434. The van der Waals surface area contributed by atoms with Gasteiger partial charge >= 0.3 is 5.97 Å². The van der Waals surface area contributed by atoms with Crippen LogP contribution in [-0.4, -0.2) is 28.7 Å². The van der Waals surface area contributed by atoms with Crippen molar-refractivity contribution in [1.82, 2.24) is 10.2 Å². The first-order valence-corrected chi connectivity index (χ1v) is 5.17. The number of nitrogens with one attached hydrogen (secondary N) is 2. The van der Waals surface area contributed by atoms with Gasteiger partial charge in [0.05, 0.1) is 24.9 Å². The van der Waals surface area contributed by atoms with Gasteiger partial charge in [0.25, 0.3) is 0 Å². The summed E-state index contributed by atoms with van der Waals surface area (Å²) in [5, 5.41) is 9.05. The lowest BCUT2D eigenvalue weighted by molar-refractivity contribution is -0.138. The summed E-state index contributed by atoms with van der Waals surface area (Å²) in [6, 6.07) is 0. The summed E-state index contributed by atoms with van der Waals surface area (Å²) in [6.07, 6.45) is 1.97. The minimum atomic E-state index is -0.251. The van der Waals surface area contributed by atoms with Gasteiger partial charge in [0.1, 0.15) is 5.15 Å². The summed E-state index contributed by atoms with van der Waals surface area (Å²) in [7, 11) is 0. The Hall–Kier alpha value is -1.56. The molecule has 0 bridgehead atoms. The summed E-state index contributed by atoms with van der Waals surface area (Å²) in [4.78, 5) is 22.4. The van der Waals surface area contributed by atoms with Gasteiger partial charge in [-0.15, -0.1) is 0 Å². The quantitative estimate of drug-likeness (QED) is 0.775. The zero-order chi connectivity index (χ0) is 11.5.